The van der Waals surface area contributed by atoms with Gasteiger partial charge in [0.1, 0.15) is 0 Å². The van der Waals surface area contributed by atoms with E-state index in [4.69, 9.17) is 0 Å². The van der Waals surface area contributed by atoms with Crippen LogP contribution in [0.4, 0.5) is 17.1 Å². The molecule has 14 rings (SSSR count). The monoisotopic (exact) mass is 840 g/mol. The van der Waals surface area contributed by atoms with Crippen molar-refractivity contribution in [3.8, 4) is 50.2 Å². The molecular weight excluding hydrogens is 797 g/mol. The van der Waals surface area contributed by atoms with Gasteiger partial charge in [0, 0.05) is 33.2 Å². The lowest BCUT2D eigenvalue weighted by Crippen LogP contribution is -2.33. The normalized spacial score (nSPS) is 14.2. The summed E-state index contributed by atoms with van der Waals surface area (Å²) in [6.45, 7) is 4.79. The van der Waals surface area contributed by atoms with Gasteiger partial charge in [-0.3, -0.25) is 0 Å². The number of nitrogens with zero attached hydrogens (tertiary/aromatic N) is 2. The largest absolute Gasteiger partial charge is 0.310 e. The first-order valence-electron chi connectivity index (χ1n) is 23.2. The molecule has 1 aromatic heterocycles. The lowest BCUT2D eigenvalue weighted by molar-refractivity contribution is 0.660. The Morgan fingerprint density at radius 2 is 0.848 bits per heavy atom. The maximum Gasteiger partial charge on any atom is 0.0754 e. The number of hydrogen-bond donors (Lipinski definition) is 0. The van der Waals surface area contributed by atoms with E-state index >= 15 is 0 Å². The molecule has 11 aromatic rings. The van der Waals surface area contributed by atoms with Crippen molar-refractivity contribution in [2.75, 3.05) is 4.90 Å². The highest BCUT2D eigenvalue weighted by Gasteiger charge is 2.51. The minimum atomic E-state index is -0.509. The molecule has 0 unspecified atom stereocenters. The van der Waals surface area contributed by atoms with E-state index in [9.17, 15) is 0 Å². The number of hydrogen-bond acceptors (Lipinski definition) is 1. The molecule has 310 valence electrons. The number of benzene rings is 10. The molecule has 0 N–H and O–H groups in total. The second kappa shape index (κ2) is 13.7. The van der Waals surface area contributed by atoms with E-state index in [0.29, 0.717) is 0 Å². The van der Waals surface area contributed by atoms with Crippen LogP contribution >= 0.6 is 0 Å². The summed E-state index contributed by atoms with van der Waals surface area (Å²) in [4.78, 5) is 2.49. The highest BCUT2D eigenvalue weighted by molar-refractivity contribution is 6.13. The predicted octanol–water partition coefficient (Wildman–Crippen LogP) is 16.6. The van der Waals surface area contributed by atoms with E-state index in [1.54, 1.807) is 0 Å². The summed E-state index contributed by atoms with van der Waals surface area (Å²) in [5.74, 6) is 0. The SMILES string of the molecule is CC1(C)c2cc(-c3ccccc3)ccc2-c2ccc(N(c3cccc(-c4ccccc4)c3)c3ccc4c(c3)-n3c5ccccc5c5cccc(c53)C43c4ccccc4-c4ccccc43)cc21. The van der Waals surface area contributed by atoms with Crippen molar-refractivity contribution >= 4 is 38.9 Å². The van der Waals surface area contributed by atoms with Gasteiger partial charge < -0.3 is 9.47 Å². The van der Waals surface area contributed by atoms with Gasteiger partial charge in [-0.15, -0.1) is 0 Å². The van der Waals surface area contributed by atoms with Gasteiger partial charge in [0.05, 0.1) is 22.1 Å². The van der Waals surface area contributed by atoms with Crippen LogP contribution in [-0.2, 0) is 10.8 Å². The van der Waals surface area contributed by atoms with Gasteiger partial charge >= 0.3 is 0 Å². The van der Waals surface area contributed by atoms with Crippen LogP contribution in [0.25, 0.3) is 72.0 Å². The Balaban J connectivity index is 1.03. The van der Waals surface area contributed by atoms with Gasteiger partial charge in [-0.25, -0.2) is 0 Å². The maximum absolute atomic E-state index is 2.57. The van der Waals surface area contributed by atoms with E-state index in [2.05, 4.69) is 254 Å². The van der Waals surface area contributed by atoms with Crippen molar-refractivity contribution in [2.24, 2.45) is 0 Å². The number of para-hydroxylation sites is 2. The Bertz CT molecular complexity index is 3750. The highest BCUT2D eigenvalue weighted by atomic mass is 15.1. The first kappa shape index (κ1) is 37.2. The van der Waals surface area contributed by atoms with Crippen molar-refractivity contribution in [3.05, 3.63) is 264 Å². The fourth-order valence-electron chi connectivity index (χ4n) is 12.3. The summed E-state index contributed by atoms with van der Waals surface area (Å²) >= 11 is 0. The summed E-state index contributed by atoms with van der Waals surface area (Å²) in [7, 11) is 0. The Hall–Kier alpha value is -8.20. The minimum absolute atomic E-state index is 0.214. The first-order chi connectivity index (χ1) is 32.5. The third-order valence-corrected chi connectivity index (χ3v) is 15.2. The molecule has 0 radical (unpaired) electrons. The predicted molar refractivity (Wildman–Crippen MR) is 275 cm³/mol. The zero-order valence-corrected chi connectivity index (χ0v) is 36.8. The second-order valence-corrected chi connectivity index (χ2v) is 18.8. The number of fused-ring (bicyclic) bond motifs is 15. The van der Waals surface area contributed by atoms with Gasteiger partial charge in [-0.1, -0.05) is 196 Å². The fourth-order valence-corrected chi connectivity index (χ4v) is 12.3. The molecule has 2 nitrogen and oxygen atoms in total. The van der Waals surface area contributed by atoms with Crippen LogP contribution in [0.1, 0.15) is 47.2 Å². The molecule has 0 fully saturated rings. The average molecular weight is 841 g/mol. The molecule has 1 aliphatic heterocycles. The van der Waals surface area contributed by atoms with Crippen LogP contribution in [-0.4, -0.2) is 4.57 Å². The van der Waals surface area contributed by atoms with E-state index in [-0.39, 0.29) is 5.41 Å². The Morgan fingerprint density at radius 1 is 0.333 bits per heavy atom. The molecule has 66 heavy (non-hydrogen) atoms. The number of anilines is 3. The van der Waals surface area contributed by atoms with E-state index < -0.39 is 5.41 Å². The van der Waals surface area contributed by atoms with Gasteiger partial charge in [0.15, 0.2) is 0 Å². The van der Waals surface area contributed by atoms with Crippen molar-refractivity contribution in [2.45, 2.75) is 24.7 Å². The Kier molecular flexibility index (Phi) is 7.70. The minimum Gasteiger partial charge on any atom is -0.310 e. The summed E-state index contributed by atoms with van der Waals surface area (Å²) in [6.07, 6.45) is 0. The summed E-state index contributed by atoms with van der Waals surface area (Å²) in [6, 6.07) is 86.3. The number of rotatable bonds is 5. The molecule has 2 heteroatoms. The van der Waals surface area contributed by atoms with Crippen molar-refractivity contribution in [3.63, 3.8) is 0 Å². The molecular formula is C64H44N2. The van der Waals surface area contributed by atoms with Gasteiger partial charge in [-0.2, -0.15) is 0 Å². The van der Waals surface area contributed by atoms with Gasteiger partial charge in [-0.05, 0) is 126 Å². The zero-order chi connectivity index (χ0) is 43.7. The fraction of sp³-hybridized carbons (Fsp3) is 0.0625. The molecule has 0 saturated heterocycles. The average Bonchev–Trinajstić information content (AvgIpc) is 3.95. The van der Waals surface area contributed by atoms with Crippen LogP contribution in [0.3, 0.4) is 0 Å². The molecule has 0 bridgehead atoms. The van der Waals surface area contributed by atoms with Gasteiger partial charge in [0.2, 0.25) is 0 Å². The standard InChI is InChI=1S/C64H44N2/c1-63(2)58-38-44(42-19-7-4-8-20-42)31-34-50(58)51-35-32-46(39-59(51)63)65(45-22-15-21-43(37-45)41-17-5-3-6-18-41)47-33-36-56-61(40-47)66-60-30-14-11-25-52(60)53-26-16-29-57(62(53)66)64(56)54-27-12-9-23-48(54)49-24-10-13-28-55(49)64/h3-40H,1-2H3. The zero-order valence-electron chi connectivity index (χ0n) is 36.8. The molecule has 2 aliphatic carbocycles. The summed E-state index contributed by atoms with van der Waals surface area (Å²) < 4.78 is 2.57. The van der Waals surface area contributed by atoms with Crippen LogP contribution in [0.15, 0.2) is 231 Å². The van der Waals surface area contributed by atoms with Crippen molar-refractivity contribution < 1.29 is 0 Å². The summed E-state index contributed by atoms with van der Waals surface area (Å²) in [5.41, 5.74) is 24.5. The van der Waals surface area contributed by atoms with Gasteiger partial charge in [0.25, 0.3) is 0 Å². The van der Waals surface area contributed by atoms with E-state index in [1.807, 2.05) is 0 Å². The molecule has 2 heterocycles. The Morgan fingerprint density at radius 3 is 1.59 bits per heavy atom. The smallest absolute Gasteiger partial charge is 0.0754 e. The van der Waals surface area contributed by atoms with Crippen molar-refractivity contribution in [1.29, 1.82) is 0 Å². The van der Waals surface area contributed by atoms with Crippen molar-refractivity contribution in [1.82, 2.24) is 4.57 Å². The summed E-state index contributed by atoms with van der Waals surface area (Å²) in [5, 5.41) is 2.55. The quantitative estimate of drug-likeness (QED) is 0.168. The molecule has 1 spiro atoms. The second-order valence-electron chi connectivity index (χ2n) is 18.8. The molecule has 3 aliphatic rings. The molecule has 0 saturated carbocycles. The lowest BCUT2D eigenvalue weighted by atomic mass is 9.65. The first-order valence-corrected chi connectivity index (χ1v) is 23.2. The highest BCUT2D eigenvalue weighted by Crippen LogP contribution is 2.61. The van der Waals surface area contributed by atoms with Crippen LogP contribution in [0, 0.1) is 0 Å². The maximum atomic E-state index is 2.57. The number of aromatic nitrogens is 1. The molecule has 0 atom stereocenters. The topological polar surface area (TPSA) is 8.17 Å². The molecule has 10 aromatic carbocycles. The van der Waals surface area contributed by atoms with E-state index in [1.165, 1.54) is 105 Å². The van der Waals surface area contributed by atoms with E-state index in [0.717, 1.165) is 17.1 Å². The van der Waals surface area contributed by atoms with Crippen LogP contribution in [0.2, 0.25) is 0 Å². The van der Waals surface area contributed by atoms with Crippen LogP contribution < -0.4 is 4.90 Å². The third-order valence-electron chi connectivity index (χ3n) is 15.2. The lowest BCUT2D eigenvalue weighted by Gasteiger charge is -2.40. The van der Waals surface area contributed by atoms with Crippen LogP contribution in [0.5, 0.6) is 0 Å². The Labute approximate surface area is 385 Å². The molecule has 0 amide bonds. The third kappa shape index (κ3) is 4.96.